The second kappa shape index (κ2) is 14.1. The fourth-order valence-corrected chi connectivity index (χ4v) is 4.60. The van der Waals surface area contributed by atoms with Crippen molar-refractivity contribution in [1.29, 1.82) is 0 Å². The van der Waals surface area contributed by atoms with Gasteiger partial charge in [0, 0.05) is 51.4 Å². The Morgan fingerprint density at radius 1 is 0.897 bits per heavy atom. The fourth-order valence-electron chi connectivity index (χ4n) is 4.60. The number of hydrogen-bond donors (Lipinski definition) is 2. The molecule has 1 fully saturated rings. The van der Waals surface area contributed by atoms with E-state index < -0.39 is 30.2 Å². The van der Waals surface area contributed by atoms with Gasteiger partial charge >= 0.3 is 6.09 Å². The molecule has 0 saturated carbocycles. The standard InChI is InChI=1S/C28H43N5O6/c1-17(2)23(19(5)34)30-26(36)24(18(3)4)32(8)28(38)39-25(27(37)33-15-13-31(7)14-16-33)21-9-11-22(12-10-21)29-20(6)35/h9-12,17-18,23-25H,13-16H2,1-8H3,(H,29,35)(H,30,36)/t23-,24-,25?/m0/s1. The minimum Gasteiger partial charge on any atom is -0.431 e. The first-order valence-electron chi connectivity index (χ1n) is 13.3. The second-order valence-electron chi connectivity index (χ2n) is 10.8. The van der Waals surface area contributed by atoms with Gasteiger partial charge in [0.25, 0.3) is 5.91 Å². The van der Waals surface area contributed by atoms with Gasteiger partial charge in [-0.2, -0.15) is 0 Å². The summed E-state index contributed by atoms with van der Waals surface area (Å²) in [6.45, 7) is 12.4. The molecule has 0 aromatic heterocycles. The van der Waals surface area contributed by atoms with Crippen LogP contribution in [-0.4, -0.2) is 96.7 Å². The van der Waals surface area contributed by atoms with Gasteiger partial charge in [-0.05, 0) is 37.9 Å². The molecule has 1 aromatic carbocycles. The highest BCUT2D eigenvalue weighted by Gasteiger charge is 2.37. The van der Waals surface area contributed by atoms with E-state index in [1.54, 1.807) is 43.0 Å². The SMILES string of the molecule is CC(=O)Nc1ccc(C(OC(=O)N(C)[C@H](C(=O)N[C@H](C(C)=O)C(C)C)C(C)C)C(=O)N2CCN(C)CC2)cc1. The Morgan fingerprint density at radius 3 is 1.92 bits per heavy atom. The number of likely N-dealkylation sites (N-methyl/N-ethyl adjacent to an activating group) is 2. The van der Waals surface area contributed by atoms with Crippen molar-refractivity contribution in [3.63, 3.8) is 0 Å². The van der Waals surface area contributed by atoms with E-state index in [2.05, 4.69) is 15.5 Å². The summed E-state index contributed by atoms with van der Waals surface area (Å²) in [5, 5.41) is 5.44. The molecule has 1 aliphatic heterocycles. The predicted octanol–water partition coefficient (Wildman–Crippen LogP) is 2.28. The molecule has 216 valence electrons. The van der Waals surface area contributed by atoms with Crippen molar-refractivity contribution in [2.45, 2.75) is 59.7 Å². The molecule has 39 heavy (non-hydrogen) atoms. The van der Waals surface area contributed by atoms with Crippen molar-refractivity contribution in [2.24, 2.45) is 11.8 Å². The number of nitrogens with one attached hydrogen (secondary N) is 2. The van der Waals surface area contributed by atoms with E-state index in [-0.39, 0.29) is 29.4 Å². The van der Waals surface area contributed by atoms with Crippen LogP contribution in [0.25, 0.3) is 0 Å². The molecule has 1 heterocycles. The number of piperazine rings is 1. The lowest BCUT2D eigenvalue weighted by Gasteiger charge is -2.36. The number of carbonyl (C=O) groups is 5. The summed E-state index contributed by atoms with van der Waals surface area (Å²) >= 11 is 0. The number of amides is 4. The topological polar surface area (TPSA) is 128 Å². The molecular formula is C28H43N5O6. The summed E-state index contributed by atoms with van der Waals surface area (Å²) in [6, 6.07) is 4.91. The van der Waals surface area contributed by atoms with E-state index in [1.807, 2.05) is 20.9 Å². The van der Waals surface area contributed by atoms with Gasteiger partial charge < -0.3 is 25.2 Å². The summed E-state index contributed by atoms with van der Waals surface area (Å²) in [7, 11) is 3.42. The van der Waals surface area contributed by atoms with Gasteiger partial charge in [0.15, 0.2) is 5.78 Å². The summed E-state index contributed by atoms with van der Waals surface area (Å²) in [6.07, 6.45) is -2.09. The van der Waals surface area contributed by atoms with Crippen molar-refractivity contribution in [3.05, 3.63) is 29.8 Å². The molecule has 11 heteroatoms. The van der Waals surface area contributed by atoms with Crippen molar-refractivity contribution in [1.82, 2.24) is 20.0 Å². The van der Waals surface area contributed by atoms with Crippen LogP contribution in [0.5, 0.6) is 0 Å². The number of anilines is 1. The highest BCUT2D eigenvalue weighted by molar-refractivity contribution is 5.92. The Morgan fingerprint density at radius 2 is 1.46 bits per heavy atom. The van der Waals surface area contributed by atoms with Crippen LogP contribution in [0.1, 0.15) is 53.2 Å². The highest BCUT2D eigenvalue weighted by atomic mass is 16.6. The average Bonchev–Trinajstić information content (AvgIpc) is 2.85. The maximum Gasteiger partial charge on any atom is 0.411 e. The van der Waals surface area contributed by atoms with Gasteiger partial charge in [-0.15, -0.1) is 0 Å². The van der Waals surface area contributed by atoms with Crippen LogP contribution in [0.2, 0.25) is 0 Å². The van der Waals surface area contributed by atoms with E-state index in [4.69, 9.17) is 4.74 Å². The van der Waals surface area contributed by atoms with Crippen LogP contribution in [0.4, 0.5) is 10.5 Å². The molecule has 4 amide bonds. The predicted molar refractivity (Wildman–Crippen MR) is 148 cm³/mol. The molecule has 11 nitrogen and oxygen atoms in total. The van der Waals surface area contributed by atoms with Crippen molar-refractivity contribution in [3.8, 4) is 0 Å². The maximum absolute atomic E-state index is 13.6. The number of ether oxygens (including phenoxy) is 1. The van der Waals surface area contributed by atoms with Crippen LogP contribution < -0.4 is 10.6 Å². The zero-order valence-corrected chi connectivity index (χ0v) is 24.3. The van der Waals surface area contributed by atoms with E-state index >= 15 is 0 Å². The minimum absolute atomic E-state index is 0.123. The third kappa shape index (κ3) is 8.77. The largest absolute Gasteiger partial charge is 0.431 e. The molecule has 1 unspecified atom stereocenters. The Labute approximate surface area is 231 Å². The normalized spacial score (nSPS) is 16.3. The van der Waals surface area contributed by atoms with Gasteiger partial charge in [-0.3, -0.25) is 24.1 Å². The van der Waals surface area contributed by atoms with E-state index in [9.17, 15) is 24.0 Å². The van der Waals surface area contributed by atoms with Crippen LogP contribution in [0, 0.1) is 11.8 Å². The van der Waals surface area contributed by atoms with Gasteiger partial charge in [0.05, 0.1) is 6.04 Å². The number of Topliss-reactive ketones (excluding diaryl/α,β-unsaturated/α-hetero) is 1. The summed E-state index contributed by atoms with van der Waals surface area (Å²) in [5.74, 6) is -1.66. The lowest BCUT2D eigenvalue weighted by atomic mass is 9.97. The lowest BCUT2D eigenvalue weighted by molar-refractivity contribution is -0.143. The van der Waals surface area contributed by atoms with Crippen molar-refractivity contribution in [2.75, 3.05) is 45.6 Å². The highest BCUT2D eigenvalue weighted by Crippen LogP contribution is 2.25. The number of nitrogens with zero attached hydrogens (tertiary/aromatic N) is 3. The maximum atomic E-state index is 13.6. The zero-order valence-electron chi connectivity index (χ0n) is 24.3. The number of benzene rings is 1. The third-order valence-corrected chi connectivity index (χ3v) is 6.80. The average molecular weight is 546 g/mol. The Kier molecular flexibility index (Phi) is 11.5. The molecule has 0 bridgehead atoms. The van der Waals surface area contributed by atoms with Crippen molar-refractivity contribution < 1.29 is 28.7 Å². The summed E-state index contributed by atoms with van der Waals surface area (Å²) in [4.78, 5) is 68.6. The van der Waals surface area contributed by atoms with Gasteiger partial charge in [0.1, 0.15) is 6.04 Å². The van der Waals surface area contributed by atoms with E-state index in [0.717, 1.165) is 0 Å². The van der Waals surface area contributed by atoms with E-state index in [0.29, 0.717) is 37.4 Å². The van der Waals surface area contributed by atoms with Crippen LogP contribution in [0.15, 0.2) is 24.3 Å². The first-order chi connectivity index (χ1) is 18.2. The molecule has 0 spiro atoms. The summed E-state index contributed by atoms with van der Waals surface area (Å²) < 4.78 is 5.79. The van der Waals surface area contributed by atoms with Crippen LogP contribution >= 0.6 is 0 Å². The molecule has 3 atom stereocenters. The monoisotopic (exact) mass is 545 g/mol. The molecule has 1 aromatic rings. The van der Waals surface area contributed by atoms with Gasteiger partial charge in [0.2, 0.25) is 17.9 Å². The second-order valence-corrected chi connectivity index (χ2v) is 10.8. The molecule has 2 N–H and O–H groups in total. The van der Waals surface area contributed by atoms with E-state index in [1.165, 1.54) is 25.8 Å². The smallest absolute Gasteiger partial charge is 0.411 e. The fraction of sp³-hybridized carbons (Fsp3) is 0.607. The first kappa shape index (κ1) is 31.7. The quantitative estimate of drug-likeness (QED) is 0.462. The molecule has 0 radical (unpaired) electrons. The Bertz CT molecular complexity index is 1030. The molecular weight excluding hydrogens is 502 g/mol. The molecule has 1 saturated heterocycles. The summed E-state index contributed by atoms with van der Waals surface area (Å²) in [5.41, 5.74) is 0.985. The van der Waals surface area contributed by atoms with Gasteiger partial charge in [-0.1, -0.05) is 39.8 Å². The first-order valence-corrected chi connectivity index (χ1v) is 13.3. The lowest BCUT2D eigenvalue weighted by Crippen LogP contribution is -2.55. The Balaban J connectivity index is 2.31. The van der Waals surface area contributed by atoms with Crippen LogP contribution in [-0.2, 0) is 23.9 Å². The molecule has 0 aliphatic carbocycles. The minimum atomic E-state index is -1.24. The number of carbonyl (C=O) groups excluding carboxylic acids is 5. The third-order valence-electron chi connectivity index (χ3n) is 6.80. The van der Waals surface area contributed by atoms with Crippen molar-refractivity contribution >= 4 is 35.3 Å². The number of hydrogen-bond acceptors (Lipinski definition) is 7. The van der Waals surface area contributed by atoms with Crippen LogP contribution in [0.3, 0.4) is 0 Å². The molecule has 2 rings (SSSR count). The Hall–Kier alpha value is -3.47. The number of ketones is 1. The zero-order chi connectivity index (χ0) is 29.4. The molecule has 1 aliphatic rings. The van der Waals surface area contributed by atoms with Gasteiger partial charge in [-0.25, -0.2) is 4.79 Å². The number of rotatable bonds is 10.